The van der Waals surface area contributed by atoms with Crippen LogP contribution in [0.15, 0.2) is 24.3 Å². The Labute approximate surface area is 126 Å². The minimum absolute atomic E-state index is 0.164. The maximum Gasteiger partial charge on any atom is 0.416 e. The van der Waals surface area contributed by atoms with Crippen molar-refractivity contribution >= 4 is 11.9 Å². The van der Waals surface area contributed by atoms with E-state index in [0.717, 1.165) is 17.0 Å². The SMILES string of the molecule is CC(C)CC1NC(=O)N(Cc2cccc(C(F)(F)F)c2)C1=O. The molecule has 0 saturated carbocycles. The fraction of sp³-hybridized carbons (Fsp3) is 0.467. The standard InChI is InChI=1S/C15H17F3N2O2/c1-9(2)6-12-13(21)20(14(22)19-12)8-10-4-3-5-11(7-10)15(16,17)18/h3-5,7,9,12H,6,8H2,1-2H3,(H,19,22). The van der Waals surface area contributed by atoms with Gasteiger partial charge in [-0.15, -0.1) is 0 Å². The molecule has 7 heteroatoms. The average Bonchev–Trinajstić information content (AvgIpc) is 2.65. The van der Waals surface area contributed by atoms with E-state index < -0.39 is 29.7 Å². The Kier molecular flexibility index (Phi) is 4.44. The molecule has 1 saturated heterocycles. The summed E-state index contributed by atoms with van der Waals surface area (Å²) >= 11 is 0. The summed E-state index contributed by atoms with van der Waals surface area (Å²) in [4.78, 5) is 25.0. The lowest BCUT2D eigenvalue weighted by molar-refractivity contribution is -0.137. The van der Waals surface area contributed by atoms with Crippen molar-refractivity contribution in [3.63, 3.8) is 0 Å². The summed E-state index contributed by atoms with van der Waals surface area (Å²) in [6.07, 6.45) is -3.95. The van der Waals surface area contributed by atoms with Crippen molar-refractivity contribution in [3.8, 4) is 0 Å². The summed E-state index contributed by atoms with van der Waals surface area (Å²) in [5, 5.41) is 2.57. The monoisotopic (exact) mass is 314 g/mol. The summed E-state index contributed by atoms with van der Waals surface area (Å²) in [5.41, 5.74) is -0.528. The van der Waals surface area contributed by atoms with Crippen LogP contribution in [-0.4, -0.2) is 22.9 Å². The number of nitrogens with zero attached hydrogens (tertiary/aromatic N) is 1. The minimum atomic E-state index is -4.45. The number of amides is 3. The zero-order chi connectivity index (χ0) is 16.5. The quantitative estimate of drug-likeness (QED) is 0.868. The number of hydrogen-bond acceptors (Lipinski definition) is 2. The highest BCUT2D eigenvalue weighted by molar-refractivity contribution is 6.04. The number of benzene rings is 1. The fourth-order valence-corrected chi connectivity index (χ4v) is 2.39. The third-order valence-corrected chi connectivity index (χ3v) is 3.41. The van der Waals surface area contributed by atoms with Gasteiger partial charge in [0.2, 0.25) is 0 Å². The molecule has 0 aliphatic carbocycles. The second-order valence-electron chi connectivity index (χ2n) is 5.75. The molecule has 120 valence electrons. The van der Waals surface area contributed by atoms with E-state index >= 15 is 0 Å². The highest BCUT2D eigenvalue weighted by Crippen LogP contribution is 2.30. The molecule has 1 aromatic carbocycles. The van der Waals surface area contributed by atoms with Gasteiger partial charge < -0.3 is 5.32 Å². The fourth-order valence-electron chi connectivity index (χ4n) is 2.39. The van der Waals surface area contributed by atoms with Crippen LogP contribution in [0.25, 0.3) is 0 Å². The lowest BCUT2D eigenvalue weighted by Crippen LogP contribution is -2.31. The van der Waals surface area contributed by atoms with Crippen LogP contribution in [0.3, 0.4) is 0 Å². The summed E-state index contributed by atoms with van der Waals surface area (Å²) in [7, 11) is 0. The molecule has 1 aliphatic rings. The molecule has 2 rings (SSSR count). The van der Waals surface area contributed by atoms with Gasteiger partial charge in [-0.3, -0.25) is 9.69 Å². The van der Waals surface area contributed by atoms with Crippen molar-refractivity contribution < 1.29 is 22.8 Å². The maximum absolute atomic E-state index is 12.7. The first kappa shape index (κ1) is 16.3. The third-order valence-electron chi connectivity index (χ3n) is 3.41. The van der Waals surface area contributed by atoms with Gasteiger partial charge in [-0.2, -0.15) is 13.2 Å². The molecule has 1 atom stereocenters. The van der Waals surface area contributed by atoms with Crippen molar-refractivity contribution in [2.45, 2.75) is 39.0 Å². The minimum Gasteiger partial charge on any atom is -0.326 e. The molecule has 1 heterocycles. The van der Waals surface area contributed by atoms with Crippen molar-refractivity contribution in [1.82, 2.24) is 10.2 Å². The Bertz CT molecular complexity index is 584. The molecular formula is C15H17F3N2O2. The molecule has 0 bridgehead atoms. The first-order chi connectivity index (χ1) is 10.2. The maximum atomic E-state index is 12.7. The number of nitrogens with one attached hydrogen (secondary N) is 1. The van der Waals surface area contributed by atoms with Gasteiger partial charge in [0.25, 0.3) is 5.91 Å². The van der Waals surface area contributed by atoms with Crippen molar-refractivity contribution in [2.24, 2.45) is 5.92 Å². The molecule has 4 nitrogen and oxygen atoms in total. The predicted octanol–water partition coefficient (Wildman–Crippen LogP) is 3.17. The van der Waals surface area contributed by atoms with E-state index in [1.54, 1.807) is 0 Å². The summed E-state index contributed by atoms with van der Waals surface area (Å²) < 4.78 is 38.0. The van der Waals surface area contributed by atoms with E-state index in [-0.39, 0.29) is 18.0 Å². The molecule has 0 aromatic heterocycles. The van der Waals surface area contributed by atoms with E-state index in [1.165, 1.54) is 12.1 Å². The second kappa shape index (κ2) is 5.98. The van der Waals surface area contributed by atoms with Gasteiger partial charge >= 0.3 is 12.2 Å². The number of rotatable bonds is 4. The van der Waals surface area contributed by atoms with Gasteiger partial charge in [0.1, 0.15) is 6.04 Å². The largest absolute Gasteiger partial charge is 0.416 e. The molecule has 1 fully saturated rings. The molecule has 0 spiro atoms. The van der Waals surface area contributed by atoms with Crippen LogP contribution in [-0.2, 0) is 17.5 Å². The Morgan fingerprint density at radius 2 is 1.95 bits per heavy atom. The molecule has 1 aromatic rings. The first-order valence-electron chi connectivity index (χ1n) is 6.96. The molecule has 1 aliphatic heterocycles. The molecule has 1 unspecified atom stereocenters. The molecule has 1 N–H and O–H groups in total. The Morgan fingerprint density at radius 3 is 2.55 bits per heavy atom. The smallest absolute Gasteiger partial charge is 0.326 e. The lowest BCUT2D eigenvalue weighted by atomic mass is 10.0. The number of carbonyl (C=O) groups excluding carboxylic acids is 2. The molecule has 22 heavy (non-hydrogen) atoms. The Hall–Kier alpha value is -2.05. The van der Waals surface area contributed by atoms with Crippen molar-refractivity contribution in [1.29, 1.82) is 0 Å². The van der Waals surface area contributed by atoms with Gasteiger partial charge in [0, 0.05) is 0 Å². The number of urea groups is 1. The van der Waals surface area contributed by atoms with Crippen molar-refractivity contribution in [3.05, 3.63) is 35.4 Å². The predicted molar refractivity (Wildman–Crippen MR) is 73.8 cm³/mol. The summed E-state index contributed by atoms with van der Waals surface area (Å²) in [6.45, 7) is 3.69. The van der Waals surface area contributed by atoms with Crippen LogP contribution in [0.5, 0.6) is 0 Å². The number of carbonyl (C=O) groups is 2. The number of hydrogen-bond donors (Lipinski definition) is 1. The zero-order valence-corrected chi connectivity index (χ0v) is 12.3. The summed E-state index contributed by atoms with van der Waals surface area (Å²) in [5.74, 6) is -0.168. The van der Waals surface area contributed by atoms with Gasteiger partial charge in [0.05, 0.1) is 12.1 Å². The normalized spacial score (nSPS) is 19.0. The highest BCUT2D eigenvalue weighted by atomic mass is 19.4. The van der Waals surface area contributed by atoms with E-state index in [4.69, 9.17) is 0 Å². The summed E-state index contributed by atoms with van der Waals surface area (Å²) in [6, 6.07) is 3.48. The lowest BCUT2D eigenvalue weighted by Gasteiger charge is -2.15. The topological polar surface area (TPSA) is 49.4 Å². The van der Waals surface area contributed by atoms with Gasteiger partial charge in [-0.1, -0.05) is 26.0 Å². The molecule has 0 radical (unpaired) electrons. The van der Waals surface area contributed by atoms with E-state index in [1.807, 2.05) is 13.8 Å². The van der Waals surface area contributed by atoms with E-state index in [9.17, 15) is 22.8 Å². The molecular weight excluding hydrogens is 297 g/mol. The Balaban J connectivity index is 2.14. The zero-order valence-electron chi connectivity index (χ0n) is 12.3. The Morgan fingerprint density at radius 1 is 1.27 bits per heavy atom. The van der Waals surface area contributed by atoms with Crippen LogP contribution in [0.4, 0.5) is 18.0 Å². The second-order valence-corrected chi connectivity index (χ2v) is 5.75. The van der Waals surface area contributed by atoms with E-state index in [0.29, 0.717) is 6.42 Å². The van der Waals surface area contributed by atoms with Crippen LogP contribution < -0.4 is 5.32 Å². The van der Waals surface area contributed by atoms with Gasteiger partial charge in [0.15, 0.2) is 0 Å². The number of halogens is 3. The van der Waals surface area contributed by atoms with Crippen LogP contribution >= 0.6 is 0 Å². The van der Waals surface area contributed by atoms with Crippen LogP contribution in [0.2, 0.25) is 0 Å². The van der Waals surface area contributed by atoms with Gasteiger partial charge in [-0.25, -0.2) is 4.79 Å². The van der Waals surface area contributed by atoms with Crippen molar-refractivity contribution in [2.75, 3.05) is 0 Å². The number of imide groups is 1. The van der Waals surface area contributed by atoms with E-state index in [2.05, 4.69) is 5.32 Å². The van der Waals surface area contributed by atoms with Gasteiger partial charge in [-0.05, 0) is 30.0 Å². The first-order valence-corrected chi connectivity index (χ1v) is 6.96. The molecule has 3 amide bonds. The average molecular weight is 314 g/mol. The van der Waals surface area contributed by atoms with Crippen LogP contribution in [0.1, 0.15) is 31.4 Å². The third kappa shape index (κ3) is 3.58. The number of alkyl halides is 3. The highest BCUT2D eigenvalue weighted by Gasteiger charge is 2.38. The van der Waals surface area contributed by atoms with Crippen LogP contribution in [0, 0.1) is 5.92 Å².